The Morgan fingerprint density at radius 3 is 2.65 bits per heavy atom. The number of hydrogen-bond donors (Lipinski definition) is 2. The van der Waals surface area contributed by atoms with Crippen molar-refractivity contribution in [2.24, 2.45) is 0 Å². The molecule has 7 heteroatoms. The summed E-state index contributed by atoms with van der Waals surface area (Å²) >= 11 is 0. The van der Waals surface area contributed by atoms with E-state index in [2.05, 4.69) is 5.32 Å². The molecule has 0 saturated carbocycles. The second-order valence-electron chi connectivity index (χ2n) is 3.97. The van der Waals surface area contributed by atoms with Crippen LogP contribution in [0.15, 0.2) is 24.3 Å². The average molecular weight is 275 g/mol. The monoisotopic (exact) mass is 275 g/mol. The van der Waals surface area contributed by atoms with Crippen LogP contribution in [0.2, 0.25) is 0 Å². The Morgan fingerprint density at radius 2 is 2.05 bits per heavy atom. The van der Waals surface area contributed by atoms with Gasteiger partial charge >= 0.3 is 12.0 Å². The summed E-state index contributed by atoms with van der Waals surface area (Å²) in [5.74, 6) is -1.77. The van der Waals surface area contributed by atoms with Crippen molar-refractivity contribution in [3.05, 3.63) is 29.8 Å². The van der Waals surface area contributed by atoms with E-state index in [1.54, 1.807) is 18.2 Å². The second-order valence-corrected chi connectivity index (χ2v) is 3.97. The molecule has 0 fully saturated rings. The van der Waals surface area contributed by atoms with E-state index in [9.17, 15) is 14.4 Å². The summed E-state index contributed by atoms with van der Waals surface area (Å²) in [5, 5.41) is 19.3. The first kappa shape index (κ1) is 15.2. The van der Waals surface area contributed by atoms with E-state index in [4.69, 9.17) is 10.4 Å². The molecule has 20 heavy (non-hydrogen) atoms. The van der Waals surface area contributed by atoms with Gasteiger partial charge in [0.15, 0.2) is 0 Å². The fraction of sp³-hybridized carbons (Fsp3) is 0.231. The van der Waals surface area contributed by atoms with Gasteiger partial charge in [0, 0.05) is 19.2 Å². The standard InChI is InChI=1S/C13H13N3O4/c1-16(10-4-2-3-9(7-10)8-14)13(20)15-11(17)5-6-12(18)19/h2-4,7H,5-6H2,1H3,(H,18,19)(H,15,17,20). The zero-order chi connectivity index (χ0) is 15.1. The van der Waals surface area contributed by atoms with Gasteiger partial charge in [0.2, 0.25) is 5.91 Å². The van der Waals surface area contributed by atoms with Crippen LogP contribution in [0.1, 0.15) is 18.4 Å². The highest BCUT2D eigenvalue weighted by Crippen LogP contribution is 2.14. The summed E-state index contributed by atoms with van der Waals surface area (Å²) in [6.45, 7) is 0. The van der Waals surface area contributed by atoms with Crippen molar-refractivity contribution in [3.8, 4) is 6.07 Å². The van der Waals surface area contributed by atoms with E-state index in [0.29, 0.717) is 11.3 Å². The number of rotatable bonds is 4. The molecule has 104 valence electrons. The molecule has 0 aliphatic heterocycles. The number of aliphatic carboxylic acids is 1. The van der Waals surface area contributed by atoms with Crippen molar-refractivity contribution in [2.45, 2.75) is 12.8 Å². The summed E-state index contributed by atoms with van der Waals surface area (Å²) in [5.41, 5.74) is 0.840. The Kier molecular flexibility index (Phi) is 5.23. The second kappa shape index (κ2) is 6.89. The molecule has 1 rings (SSSR count). The number of amides is 3. The molecule has 0 radical (unpaired) electrons. The molecule has 0 aliphatic carbocycles. The molecule has 0 aromatic heterocycles. The lowest BCUT2D eigenvalue weighted by molar-refractivity contribution is -0.138. The van der Waals surface area contributed by atoms with Gasteiger partial charge < -0.3 is 5.11 Å². The van der Waals surface area contributed by atoms with E-state index >= 15 is 0 Å². The summed E-state index contributed by atoms with van der Waals surface area (Å²) in [6, 6.07) is 7.58. The lowest BCUT2D eigenvalue weighted by Gasteiger charge is -2.17. The number of anilines is 1. The van der Waals surface area contributed by atoms with E-state index in [1.165, 1.54) is 18.0 Å². The van der Waals surface area contributed by atoms with Crippen LogP contribution in [-0.4, -0.2) is 30.1 Å². The first-order valence-electron chi connectivity index (χ1n) is 5.73. The lowest BCUT2D eigenvalue weighted by Crippen LogP contribution is -2.40. The molecular formula is C13H13N3O4. The number of benzene rings is 1. The van der Waals surface area contributed by atoms with Gasteiger partial charge in [-0.2, -0.15) is 5.26 Å². The van der Waals surface area contributed by atoms with Gasteiger partial charge in [-0.25, -0.2) is 4.79 Å². The first-order chi connectivity index (χ1) is 9.43. The summed E-state index contributed by atoms with van der Waals surface area (Å²) in [4.78, 5) is 34.6. The maximum atomic E-state index is 11.8. The Labute approximate surface area is 115 Å². The molecule has 0 heterocycles. The van der Waals surface area contributed by atoms with Crippen molar-refractivity contribution < 1.29 is 19.5 Å². The van der Waals surface area contributed by atoms with Crippen LogP contribution in [0, 0.1) is 11.3 Å². The van der Waals surface area contributed by atoms with Crippen LogP contribution in [0.4, 0.5) is 10.5 Å². The number of imide groups is 1. The van der Waals surface area contributed by atoms with Crippen LogP contribution >= 0.6 is 0 Å². The number of carboxylic acid groups (broad SMARTS) is 1. The van der Waals surface area contributed by atoms with E-state index in [-0.39, 0.29) is 12.8 Å². The highest BCUT2D eigenvalue weighted by molar-refractivity contribution is 6.02. The minimum absolute atomic E-state index is 0.271. The average Bonchev–Trinajstić information content (AvgIpc) is 2.44. The number of nitriles is 1. The largest absolute Gasteiger partial charge is 0.481 e. The van der Waals surface area contributed by atoms with Gasteiger partial charge in [0.1, 0.15) is 0 Å². The van der Waals surface area contributed by atoms with E-state index < -0.39 is 17.9 Å². The third kappa shape index (κ3) is 4.42. The zero-order valence-electron chi connectivity index (χ0n) is 10.8. The van der Waals surface area contributed by atoms with Crippen LogP contribution in [0.25, 0.3) is 0 Å². The minimum atomic E-state index is -1.11. The van der Waals surface area contributed by atoms with Gasteiger partial charge in [0.25, 0.3) is 0 Å². The number of hydrogen-bond acceptors (Lipinski definition) is 4. The summed E-state index contributed by atoms with van der Waals surface area (Å²) < 4.78 is 0. The van der Waals surface area contributed by atoms with Gasteiger partial charge in [0.05, 0.1) is 18.1 Å². The quantitative estimate of drug-likeness (QED) is 0.854. The van der Waals surface area contributed by atoms with Crippen molar-refractivity contribution in [2.75, 3.05) is 11.9 Å². The van der Waals surface area contributed by atoms with Crippen molar-refractivity contribution in [1.82, 2.24) is 5.32 Å². The molecule has 1 aromatic rings. The highest BCUT2D eigenvalue weighted by atomic mass is 16.4. The molecule has 0 atom stereocenters. The maximum absolute atomic E-state index is 11.8. The Bertz CT molecular complexity index is 577. The first-order valence-corrected chi connectivity index (χ1v) is 5.73. The Balaban J connectivity index is 2.65. The Hall–Kier alpha value is -2.88. The fourth-order valence-corrected chi connectivity index (χ4v) is 1.39. The maximum Gasteiger partial charge on any atom is 0.328 e. The minimum Gasteiger partial charge on any atom is -0.481 e. The molecule has 0 spiro atoms. The van der Waals surface area contributed by atoms with Crippen molar-refractivity contribution in [1.29, 1.82) is 5.26 Å². The molecule has 0 aliphatic rings. The van der Waals surface area contributed by atoms with Crippen LogP contribution in [0.3, 0.4) is 0 Å². The van der Waals surface area contributed by atoms with Gasteiger partial charge in [-0.1, -0.05) is 6.07 Å². The van der Waals surface area contributed by atoms with Crippen LogP contribution in [0.5, 0.6) is 0 Å². The third-order valence-corrected chi connectivity index (χ3v) is 2.48. The summed E-state index contributed by atoms with van der Waals surface area (Å²) in [7, 11) is 1.44. The van der Waals surface area contributed by atoms with Crippen molar-refractivity contribution in [3.63, 3.8) is 0 Å². The number of urea groups is 1. The Morgan fingerprint density at radius 1 is 1.35 bits per heavy atom. The fourth-order valence-electron chi connectivity index (χ4n) is 1.39. The molecule has 7 nitrogen and oxygen atoms in total. The molecular weight excluding hydrogens is 262 g/mol. The zero-order valence-corrected chi connectivity index (χ0v) is 10.8. The van der Waals surface area contributed by atoms with E-state index in [1.807, 2.05) is 6.07 Å². The van der Waals surface area contributed by atoms with Crippen LogP contribution in [-0.2, 0) is 9.59 Å². The number of carboxylic acids is 1. The normalized spacial score (nSPS) is 9.40. The summed E-state index contributed by atoms with van der Waals surface area (Å²) in [6.07, 6.45) is -0.611. The lowest BCUT2D eigenvalue weighted by atomic mass is 10.2. The molecule has 2 N–H and O–H groups in total. The van der Waals surface area contributed by atoms with Crippen molar-refractivity contribution >= 4 is 23.6 Å². The highest BCUT2D eigenvalue weighted by Gasteiger charge is 2.15. The molecule has 3 amide bonds. The topological polar surface area (TPSA) is 110 Å². The SMILES string of the molecule is CN(C(=O)NC(=O)CCC(=O)O)c1cccc(C#N)c1. The predicted octanol–water partition coefficient (Wildman–Crippen LogP) is 1.10. The smallest absolute Gasteiger partial charge is 0.328 e. The molecule has 1 aromatic carbocycles. The molecule has 0 saturated heterocycles. The van der Waals surface area contributed by atoms with Gasteiger partial charge in [-0.05, 0) is 18.2 Å². The number of carbonyl (C=O) groups excluding carboxylic acids is 2. The van der Waals surface area contributed by atoms with Gasteiger partial charge in [-0.15, -0.1) is 0 Å². The van der Waals surface area contributed by atoms with Gasteiger partial charge in [-0.3, -0.25) is 19.8 Å². The molecule has 0 unspecified atom stereocenters. The van der Waals surface area contributed by atoms with Crippen LogP contribution < -0.4 is 10.2 Å². The van der Waals surface area contributed by atoms with E-state index in [0.717, 1.165) is 0 Å². The third-order valence-electron chi connectivity index (χ3n) is 2.48. The number of carbonyl (C=O) groups is 3. The number of nitrogens with zero attached hydrogens (tertiary/aromatic N) is 2. The predicted molar refractivity (Wildman–Crippen MR) is 70.0 cm³/mol. The molecule has 0 bridgehead atoms. The number of nitrogens with one attached hydrogen (secondary N) is 1.